The maximum Gasteiger partial charge on any atom is 0.392 e. The molecule has 0 aliphatic carbocycles. The Labute approximate surface area is 220 Å². The molecule has 0 radical (unpaired) electrons. The molecule has 1 amide bonds. The van der Waals surface area contributed by atoms with Crippen LogP contribution < -0.4 is 0 Å². The van der Waals surface area contributed by atoms with Gasteiger partial charge in [0.2, 0.25) is 0 Å². The molecule has 1 heterocycles. The molecule has 0 saturated carbocycles. The van der Waals surface area contributed by atoms with Gasteiger partial charge in [-0.1, -0.05) is 42.5 Å². The molecule has 1 aliphatic heterocycles. The molecule has 2 rings (SSSR count). The number of carbonyl (C=O) groups is 1. The quantitative estimate of drug-likeness (QED) is 0.259. The number of alkyl halides is 16. The summed E-state index contributed by atoms with van der Waals surface area (Å²) in [7, 11) is 0. The van der Waals surface area contributed by atoms with Crippen molar-refractivity contribution in [3.05, 3.63) is 42.0 Å². The number of amides is 1. The third kappa shape index (κ3) is 5.57. The average Bonchev–Trinajstić information content (AvgIpc) is 2.88. The number of hydrogen-bond acceptors (Lipinski definition) is 2. The van der Waals surface area contributed by atoms with Crippen molar-refractivity contribution < 1.29 is 75.0 Å². The van der Waals surface area contributed by atoms with Gasteiger partial charge >= 0.3 is 47.9 Å². The van der Waals surface area contributed by atoms with Gasteiger partial charge < -0.3 is 4.90 Å². The maximum absolute atomic E-state index is 14.3. The highest BCUT2D eigenvalue weighted by molar-refractivity contribution is 5.85. The molecular weight excluding hydrogens is 612 g/mol. The summed E-state index contributed by atoms with van der Waals surface area (Å²) in [5.41, 5.74) is 0.738. The largest absolute Gasteiger partial charge is 0.392 e. The van der Waals surface area contributed by atoms with Crippen LogP contribution in [0.1, 0.15) is 5.56 Å². The Morgan fingerprint density at radius 2 is 1.12 bits per heavy atom. The molecule has 41 heavy (non-hydrogen) atoms. The molecule has 234 valence electrons. The van der Waals surface area contributed by atoms with Crippen LogP contribution in [0.15, 0.2) is 36.4 Å². The lowest BCUT2D eigenvalue weighted by Gasteiger charge is -2.43. The van der Waals surface area contributed by atoms with Crippen molar-refractivity contribution in [3.8, 4) is 0 Å². The Morgan fingerprint density at radius 3 is 1.59 bits per heavy atom. The molecule has 0 unspecified atom stereocenters. The third-order valence-electron chi connectivity index (χ3n) is 6.07. The van der Waals surface area contributed by atoms with E-state index in [9.17, 15) is 75.0 Å². The van der Waals surface area contributed by atoms with E-state index in [-0.39, 0.29) is 24.5 Å². The highest BCUT2D eigenvalue weighted by atomic mass is 19.4. The van der Waals surface area contributed by atoms with Crippen molar-refractivity contribution >= 4 is 12.0 Å². The van der Waals surface area contributed by atoms with E-state index in [1.807, 2.05) is 0 Å². The standard InChI is InChI=1S/C22H18F16N2O/c23-14(24)16(25,26)18(29,30)20(33,34)22(37,38)21(35,36)19(31,32)17(27,28)15(41)40-11-9-39(10-12-40)8-4-7-13-5-2-1-3-6-13/h1-7,14H,8-12H2. The summed E-state index contributed by atoms with van der Waals surface area (Å²) in [5, 5.41) is 0. The summed E-state index contributed by atoms with van der Waals surface area (Å²) >= 11 is 0. The Balaban J connectivity index is 2.25. The second kappa shape index (κ2) is 11.2. The van der Waals surface area contributed by atoms with E-state index in [1.165, 1.54) is 4.90 Å². The van der Waals surface area contributed by atoms with Crippen LogP contribution in [0.25, 0.3) is 6.08 Å². The molecule has 19 heteroatoms. The number of halogens is 16. The monoisotopic (exact) mass is 630 g/mol. The Kier molecular flexibility index (Phi) is 9.39. The first-order chi connectivity index (χ1) is 18.4. The van der Waals surface area contributed by atoms with Crippen LogP contribution in [0.4, 0.5) is 70.2 Å². The molecule has 0 atom stereocenters. The first-order valence-electron chi connectivity index (χ1n) is 11.1. The van der Waals surface area contributed by atoms with Crippen molar-refractivity contribution in [2.24, 2.45) is 0 Å². The highest BCUT2D eigenvalue weighted by Crippen LogP contribution is 2.62. The van der Waals surface area contributed by atoms with Crippen LogP contribution in [0.3, 0.4) is 0 Å². The predicted octanol–water partition coefficient (Wildman–Crippen LogP) is 6.56. The van der Waals surface area contributed by atoms with Gasteiger partial charge in [0.25, 0.3) is 5.91 Å². The van der Waals surface area contributed by atoms with Crippen LogP contribution >= 0.6 is 0 Å². The highest BCUT2D eigenvalue weighted by Gasteiger charge is 2.94. The molecule has 1 fully saturated rings. The molecule has 0 spiro atoms. The van der Waals surface area contributed by atoms with Crippen LogP contribution in [0.5, 0.6) is 0 Å². The fourth-order valence-electron chi connectivity index (χ4n) is 3.50. The predicted molar refractivity (Wildman–Crippen MR) is 109 cm³/mol. The minimum absolute atomic E-state index is 0.0975. The van der Waals surface area contributed by atoms with E-state index in [2.05, 4.69) is 0 Å². The number of hydrogen-bond donors (Lipinski definition) is 0. The summed E-state index contributed by atoms with van der Waals surface area (Å²) < 4.78 is 216. The van der Waals surface area contributed by atoms with Crippen molar-refractivity contribution in [2.75, 3.05) is 32.7 Å². The SMILES string of the molecule is O=C(N1CCN(CC=Cc2ccccc2)CC1)C(F)(F)C(F)(F)C(F)(F)C(F)(F)C(F)(F)C(F)(F)C(F)(F)C(F)F. The van der Waals surface area contributed by atoms with Gasteiger partial charge in [0.1, 0.15) is 0 Å². The number of carbonyl (C=O) groups excluding carboxylic acids is 1. The zero-order valence-electron chi connectivity index (χ0n) is 20.0. The topological polar surface area (TPSA) is 23.6 Å². The zero-order chi connectivity index (χ0) is 31.9. The van der Waals surface area contributed by atoms with Crippen molar-refractivity contribution in [1.29, 1.82) is 0 Å². The maximum atomic E-state index is 14.3. The lowest BCUT2D eigenvalue weighted by Crippen LogP contribution is -2.75. The van der Waals surface area contributed by atoms with E-state index in [0.29, 0.717) is 0 Å². The van der Waals surface area contributed by atoms with E-state index in [4.69, 9.17) is 0 Å². The first-order valence-corrected chi connectivity index (χ1v) is 11.1. The lowest BCUT2D eigenvalue weighted by atomic mass is 9.89. The van der Waals surface area contributed by atoms with Gasteiger partial charge in [0.05, 0.1) is 0 Å². The normalized spacial score (nSPS) is 17.5. The summed E-state index contributed by atoms with van der Waals surface area (Å²) in [4.78, 5) is 13.2. The molecule has 0 N–H and O–H groups in total. The Morgan fingerprint density at radius 1 is 0.683 bits per heavy atom. The van der Waals surface area contributed by atoms with Gasteiger partial charge in [0.15, 0.2) is 0 Å². The van der Waals surface area contributed by atoms with Crippen molar-refractivity contribution in [1.82, 2.24) is 9.80 Å². The van der Waals surface area contributed by atoms with Crippen LogP contribution in [-0.4, -0.2) is 96.3 Å². The van der Waals surface area contributed by atoms with Crippen molar-refractivity contribution in [2.45, 2.75) is 47.9 Å². The summed E-state index contributed by atoms with van der Waals surface area (Å²) in [6.45, 7) is -2.44. The summed E-state index contributed by atoms with van der Waals surface area (Å²) in [6.07, 6.45) is -2.74. The number of piperazine rings is 1. The van der Waals surface area contributed by atoms with E-state index >= 15 is 0 Å². The van der Waals surface area contributed by atoms with Gasteiger partial charge in [-0.2, -0.15) is 61.5 Å². The molecular formula is C22H18F16N2O. The molecule has 3 nitrogen and oxygen atoms in total. The summed E-state index contributed by atoms with van der Waals surface area (Å²) in [5.74, 6) is -59.3. The minimum Gasteiger partial charge on any atom is -0.335 e. The summed E-state index contributed by atoms with van der Waals surface area (Å²) in [6, 6.07) is 8.53. The average molecular weight is 630 g/mol. The first kappa shape index (κ1) is 34.5. The van der Waals surface area contributed by atoms with E-state index in [0.717, 1.165) is 5.56 Å². The molecule has 0 bridgehead atoms. The lowest BCUT2D eigenvalue weighted by molar-refractivity contribution is -0.444. The smallest absolute Gasteiger partial charge is 0.335 e. The molecule has 1 aromatic carbocycles. The third-order valence-corrected chi connectivity index (χ3v) is 6.07. The van der Waals surface area contributed by atoms with Gasteiger partial charge in [-0.25, -0.2) is 8.78 Å². The van der Waals surface area contributed by atoms with Crippen LogP contribution in [-0.2, 0) is 4.79 Å². The molecule has 1 aromatic rings. The second-order valence-corrected chi connectivity index (χ2v) is 8.78. The molecule has 1 saturated heterocycles. The second-order valence-electron chi connectivity index (χ2n) is 8.78. The number of benzene rings is 1. The van der Waals surface area contributed by atoms with Gasteiger partial charge in [-0.15, -0.1) is 0 Å². The van der Waals surface area contributed by atoms with Crippen molar-refractivity contribution in [3.63, 3.8) is 0 Å². The zero-order valence-corrected chi connectivity index (χ0v) is 20.0. The van der Waals surface area contributed by atoms with Crippen LogP contribution in [0, 0.1) is 0 Å². The van der Waals surface area contributed by atoms with Gasteiger partial charge in [-0.05, 0) is 5.56 Å². The number of nitrogens with zero attached hydrogens (tertiary/aromatic N) is 2. The van der Waals surface area contributed by atoms with E-state index in [1.54, 1.807) is 42.5 Å². The fourth-order valence-corrected chi connectivity index (χ4v) is 3.50. The molecule has 0 aromatic heterocycles. The van der Waals surface area contributed by atoms with Gasteiger partial charge in [0, 0.05) is 32.7 Å². The number of rotatable bonds is 11. The van der Waals surface area contributed by atoms with Crippen LogP contribution in [0.2, 0.25) is 0 Å². The fraction of sp³-hybridized carbons (Fsp3) is 0.591. The Hall–Kier alpha value is -2.73. The minimum atomic E-state index is -8.53. The van der Waals surface area contributed by atoms with E-state index < -0.39 is 66.9 Å². The van der Waals surface area contributed by atoms with Gasteiger partial charge in [-0.3, -0.25) is 9.69 Å². The Bertz CT molecular complexity index is 1080. The molecule has 1 aliphatic rings.